The van der Waals surface area contributed by atoms with Crippen molar-refractivity contribution in [3.8, 4) is 0 Å². The second-order valence-corrected chi connectivity index (χ2v) is 5.29. The van der Waals surface area contributed by atoms with Crippen LogP contribution in [-0.4, -0.2) is 29.5 Å². The van der Waals surface area contributed by atoms with Crippen LogP contribution in [0.3, 0.4) is 0 Å². The van der Waals surface area contributed by atoms with Gasteiger partial charge in [-0.1, -0.05) is 19.6 Å². The Morgan fingerprint density at radius 1 is 1.48 bits per heavy atom. The first-order valence-electron chi connectivity index (χ1n) is 6.49. The number of anilines is 1. The standard InChI is InChI=1S/C15H19NO4S/c1-4-12(8-10(2)14(17)18)20-15(19)16-11-6-5-7-13(9-11)21-3/h5-7,9,12H,2,4,8H2,1,3H3,(H,16,19)(H,17,18). The van der Waals surface area contributed by atoms with Crippen LogP contribution in [-0.2, 0) is 9.53 Å². The first-order chi connectivity index (χ1) is 9.96. The van der Waals surface area contributed by atoms with Gasteiger partial charge < -0.3 is 9.84 Å². The highest BCUT2D eigenvalue weighted by Gasteiger charge is 2.17. The molecule has 1 rings (SSSR count). The summed E-state index contributed by atoms with van der Waals surface area (Å²) in [5.41, 5.74) is 0.665. The fraction of sp³-hybridized carbons (Fsp3) is 0.333. The van der Waals surface area contributed by atoms with E-state index in [9.17, 15) is 9.59 Å². The summed E-state index contributed by atoms with van der Waals surface area (Å²) in [5.74, 6) is -1.08. The molecular weight excluding hydrogens is 290 g/mol. The first kappa shape index (κ1) is 17.1. The van der Waals surface area contributed by atoms with Gasteiger partial charge in [0, 0.05) is 22.6 Å². The predicted octanol–water partition coefficient (Wildman–Crippen LogP) is 3.77. The predicted molar refractivity (Wildman–Crippen MR) is 83.8 cm³/mol. The van der Waals surface area contributed by atoms with Gasteiger partial charge in [0.2, 0.25) is 0 Å². The number of amides is 1. The minimum absolute atomic E-state index is 0.0269. The molecule has 1 amide bonds. The third kappa shape index (κ3) is 5.91. The Labute approximate surface area is 128 Å². The quantitative estimate of drug-likeness (QED) is 0.592. The number of carboxylic acids is 1. The third-order valence-corrected chi connectivity index (χ3v) is 3.55. The zero-order valence-corrected chi connectivity index (χ0v) is 12.9. The Morgan fingerprint density at radius 2 is 2.19 bits per heavy atom. The number of nitrogens with one attached hydrogen (secondary N) is 1. The zero-order valence-electron chi connectivity index (χ0n) is 12.1. The molecule has 0 aliphatic carbocycles. The van der Waals surface area contributed by atoms with Crippen molar-refractivity contribution >= 4 is 29.5 Å². The fourth-order valence-corrected chi connectivity index (χ4v) is 2.09. The van der Waals surface area contributed by atoms with Gasteiger partial charge in [0.1, 0.15) is 6.10 Å². The minimum atomic E-state index is -1.08. The van der Waals surface area contributed by atoms with Crippen molar-refractivity contribution in [1.82, 2.24) is 0 Å². The van der Waals surface area contributed by atoms with Crippen molar-refractivity contribution < 1.29 is 19.4 Å². The number of benzene rings is 1. The van der Waals surface area contributed by atoms with E-state index in [4.69, 9.17) is 9.84 Å². The summed E-state index contributed by atoms with van der Waals surface area (Å²) in [6, 6.07) is 7.37. The second-order valence-electron chi connectivity index (χ2n) is 4.41. The number of carboxylic acid groups (broad SMARTS) is 1. The molecule has 1 unspecified atom stereocenters. The zero-order chi connectivity index (χ0) is 15.8. The largest absolute Gasteiger partial charge is 0.478 e. The second kappa shape index (κ2) is 8.36. The van der Waals surface area contributed by atoms with Gasteiger partial charge in [0.15, 0.2) is 0 Å². The topological polar surface area (TPSA) is 75.6 Å². The summed E-state index contributed by atoms with van der Waals surface area (Å²) in [5, 5.41) is 11.4. The molecular formula is C15H19NO4S. The SMILES string of the molecule is C=C(CC(CC)OC(=O)Nc1cccc(SC)c1)C(=O)O. The number of rotatable bonds is 7. The molecule has 0 radical (unpaired) electrons. The lowest BCUT2D eigenvalue weighted by Crippen LogP contribution is -2.23. The number of carbonyl (C=O) groups is 2. The van der Waals surface area contributed by atoms with Gasteiger partial charge in [0.25, 0.3) is 0 Å². The molecule has 0 aliphatic rings. The first-order valence-corrected chi connectivity index (χ1v) is 7.71. The summed E-state index contributed by atoms with van der Waals surface area (Å²) in [6.07, 6.45) is 1.48. The van der Waals surface area contributed by atoms with E-state index in [2.05, 4.69) is 11.9 Å². The van der Waals surface area contributed by atoms with Crippen LogP contribution in [0, 0.1) is 0 Å². The van der Waals surface area contributed by atoms with Crippen molar-refractivity contribution in [3.63, 3.8) is 0 Å². The highest BCUT2D eigenvalue weighted by molar-refractivity contribution is 7.98. The van der Waals surface area contributed by atoms with Crippen LogP contribution in [0.2, 0.25) is 0 Å². The molecule has 2 N–H and O–H groups in total. The minimum Gasteiger partial charge on any atom is -0.478 e. The number of ether oxygens (including phenoxy) is 1. The lowest BCUT2D eigenvalue weighted by atomic mass is 10.1. The van der Waals surface area contributed by atoms with Crippen LogP contribution in [0.4, 0.5) is 10.5 Å². The van der Waals surface area contributed by atoms with Crippen LogP contribution in [0.25, 0.3) is 0 Å². The smallest absolute Gasteiger partial charge is 0.411 e. The van der Waals surface area contributed by atoms with Crippen molar-refractivity contribution in [1.29, 1.82) is 0 Å². The molecule has 1 aromatic carbocycles. The van der Waals surface area contributed by atoms with E-state index in [0.717, 1.165) is 4.90 Å². The van der Waals surface area contributed by atoms with Gasteiger partial charge in [-0.3, -0.25) is 5.32 Å². The summed E-state index contributed by atoms with van der Waals surface area (Å²) in [4.78, 5) is 23.6. The van der Waals surface area contributed by atoms with Crippen LogP contribution in [0.15, 0.2) is 41.3 Å². The van der Waals surface area contributed by atoms with E-state index in [1.165, 1.54) is 0 Å². The Bertz CT molecular complexity index is 530. The van der Waals surface area contributed by atoms with Gasteiger partial charge in [-0.05, 0) is 30.9 Å². The molecule has 0 aliphatic heterocycles. The lowest BCUT2D eigenvalue weighted by Gasteiger charge is -2.16. The molecule has 21 heavy (non-hydrogen) atoms. The van der Waals surface area contributed by atoms with Crippen LogP contribution in [0.1, 0.15) is 19.8 Å². The maximum Gasteiger partial charge on any atom is 0.411 e. The van der Waals surface area contributed by atoms with Gasteiger partial charge in [-0.15, -0.1) is 11.8 Å². The van der Waals surface area contributed by atoms with E-state index in [1.54, 1.807) is 17.8 Å². The molecule has 0 bridgehead atoms. The summed E-state index contributed by atoms with van der Waals surface area (Å²) >= 11 is 1.57. The van der Waals surface area contributed by atoms with Crippen molar-refractivity contribution in [2.45, 2.75) is 30.8 Å². The van der Waals surface area contributed by atoms with Gasteiger partial charge in [0.05, 0.1) is 0 Å². The Balaban J connectivity index is 2.58. The van der Waals surface area contributed by atoms with Crippen LogP contribution < -0.4 is 5.32 Å². The third-order valence-electron chi connectivity index (χ3n) is 2.82. The van der Waals surface area contributed by atoms with Crippen molar-refractivity contribution in [2.24, 2.45) is 0 Å². The molecule has 5 nitrogen and oxygen atoms in total. The molecule has 0 heterocycles. The van der Waals surface area contributed by atoms with E-state index in [1.807, 2.05) is 31.4 Å². The number of carbonyl (C=O) groups excluding carboxylic acids is 1. The molecule has 0 fully saturated rings. The molecule has 0 saturated heterocycles. The Hall–Kier alpha value is -1.95. The highest BCUT2D eigenvalue weighted by Crippen LogP contribution is 2.19. The Morgan fingerprint density at radius 3 is 2.76 bits per heavy atom. The molecule has 1 atom stereocenters. The van der Waals surface area contributed by atoms with Crippen molar-refractivity contribution in [2.75, 3.05) is 11.6 Å². The molecule has 1 aromatic rings. The highest BCUT2D eigenvalue weighted by atomic mass is 32.2. The molecule has 6 heteroatoms. The average Bonchev–Trinajstić information content (AvgIpc) is 2.46. The van der Waals surface area contributed by atoms with Crippen LogP contribution >= 0.6 is 11.8 Å². The maximum absolute atomic E-state index is 11.8. The van der Waals surface area contributed by atoms with Gasteiger partial charge in [-0.25, -0.2) is 9.59 Å². The Kier molecular flexibility index (Phi) is 6.81. The summed E-state index contributed by atoms with van der Waals surface area (Å²) in [7, 11) is 0. The monoisotopic (exact) mass is 309 g/mol. The van der Waals surface area contributed by atoms with E-state index < -0.39 is 18.2 Å². The van der Waals surface area contributed by atoms with E-state index >= 15 is 0 Å². The summed E-state index contributed by atoms with van der Waals surface area (Å²) in [6.45, 7) is 5.26. The number of thioether (sulfide) groups is 1. The molecule has 0 aromatic heterocycles. The summed E-state index contributed by atoms with van der Waals surface area (Å²) < 4.78 is 5.22. The van der Waals surface area contributed by atoms with Gasteiger partial charge in [-0.2, -0.15) is 0 Å². The number of aliphatic carboxylic acids is 1. The number of hydrogen-bond donors (Lipinski definition) is 2. The molecule has 0 saturated carbocycles. The molecule has 0 spiro atoms. The lowest BCUT2D eigenvalue weighted by molar-refractivity contribution is -0.133. The van der Waals surface area contributed by atoms with Gasteiger partial charge >= 0.3 is 12.1 Å². The average molecular weight is 309 g/mol. The van der Waals surface area contributed by atoms with E-state index in [-0.39, 0.29) is 12.0 Å². The van der Waals surface area contributed by atoms with E-state index in [0.29, 0.717) is 12.1 Å². The van der Waals surface area contributed by atoms with Crippen LogP contribution in [0.5, 0.6) is 0 Å². The molecule has 114 valence electrons. The fourth-order valence-electron chi connectivity index (χ4n) is 1.63. The number of hydrogen-bond acceptors (Lipinski definition) is 4. The normalized spacial score (nSPS) is 11.5. The van der Waals surface area contributed by atoms with Crippen molar-refractivity contribution in [3.05, 3.63) is 36.4 Å². The maximum atomic E-state index is 11.8.